The minimum atomic E-state index is -0.0446. The molecule has 0 saturated carbocycles. The maximum atomic E-state index is 12.9. The quantitative estimate of drug-likeness (QED) is 0.811. The average molecular weight is 369 g/mol. The molecule has 0 aliphatic carbocycles. The Hall–Kier alpha value is -2.18. The zero-order valence-corrected chi connectivity index (χ0v) is 15.7. The number of carbonyl (C=O) groups excluding carboxylic acids is 1. The molecule has 0 radical (unpaired) electrons. The number of benzene rings is 1. The van der Waals surface area contributed by atoms with Gasteiger partial charge in [-0.3, -0.25) is 9.69 Å². The molecule has 0 N–H and O–H groups in total. The number of rotatable bonds is 5. The van der Waals surface area contributed by atoms with Gasteiger partial charge >= 0.3 is 0 Å². The number of aromatic nitrogens is 1. The van der Waals surface area contributed by atoms with Crippen LogP contribution >= 0.6 is 0 Å². The van der Waals surface area contributed by atoms with E-state index in [0.717, 1.165) is 51.1 Å². The molecule has 1 amide bonds. The molecule has 0 spiro atoms. The number of hydrogen-bond acceptors (Lipinski definition) is 5. The van der Waals surface area contributed by atoms with E-state index in [1.807, 2.05) is 29.3 Å². The fourth-order valence-electron chi connectivity index (χ4n) is 3.88. The van der Waals surface area contributed by atoms with E-state index in [4.69, 9.17) is 9.15 Å². The van der Waals surface area contributed by atoms with Crippen molar-refractivity contribution in [2.75, 3.05) is 39.4 Å². The first-order chi connectivity index (χ1) is 13.3. The Kier molecular flexibility index (Phi) is 5.84. The summed E-state index contributed by atoms with van der Waals surface area (Å²) >= 11 is 0. The summed E-state index contributed by atoms with van der Waals surface area (Å²) in [4.78, 5) is 21.6. The highest BCUT2D eigenvalue weighted by Crippen LogP contribution is 2.31. The number of ether oxygens (including phenoxy) is 1. The zero-order chi connectivity index (χ0) is 18.5. The van der Waals surface area contributed by atoms with E-state index in [2.05, 4.69) is 22.0 Å². The Morgan fingerprint density at radius 3 is 2.74 bits per heavy atom. The SMILES string of the molecule is O=C(CN1CCOCC1)N1CCCC[C@@H]1c1ncc(Cc2ccccc2)o1. The Morgan fingerprint density at radius 2 is 1.93 bits per heavy atom. The number of morpholine rings is 1. The fraction of sp³-hybridized carbons (Fsp3) is 0.524. The van der Waals surface area contributed by atoms with Crippen molar-refractivity contribution in [3.05, 3.63) is 53.7 Å². The van der Waals surface area contributed by atoms with Crippen LogP contribution in [-0.2, 0) is 16.0 Å². The summed E-state index contributed by atoms with van der Waals surface area (Å²) < 4.78 is 11.4. The number of oxazole rings is 1. The van der Waals surface area contributed by atoms with E-state index in [-0.39, 0.29) is 11.9 Å². The van der Waals surface area contributed by atoms with E-state index >= 15 is 0 Å². The lowest BCUT2D eigenvalue weighted by Gasteiger charge is -2.36. The molecule has 2 aliphatic heterocycles. The smallest absolute Gasteiger partial charge is 0.237 e. The maximum Gasteiger partial charge on any atom is 0.237 e. The standard InChI is InChI=1S/C21H27N3O3/c25-20(16-23-10-12-26-13-11-23)24-9-5-4-8-19(24)21-22-15-18(27-21)14-17-6-2-1-3-7-17/h1-3,6-7,15,19H,4-5,8-14,16H2/t19-/m1/s1. The largest absolute Gasteiger partial charge is 0.443 e. The van der Waals surface area contributed by atoms with Gasteiger partial charge in [-0.25, -0.2) is 4.98 Å². The van der Waals surface area contributed by atoms with Gasteiger partial charge in [-0.1, -0.05) is 30.3 Å². The normalized spacial score (nSPS) is 21.3. The minimum absolute atomic E-state index is 0.0446. The van der Waals surface area contributed by atoms with E-state index in [0.29, 0.717) is 25.6 Å². The highest BCUT2D eigenvalue weighted by atomic mass is 16.5. The van der Waals surface area contributed by atoms with Crippen molar-refractivity contribution in [1.82, 2.24) is 14.8 Å². The van der Waals surface area contributed by atoms with Crippen LogP contribution in [0, 0.1) is 0 Å². The molecular weight excluding hydrogens is 342 g/mol. The summed E-state index contributed by atoms with van der Waals surface area (Å²) in [5, 5.41) is 0. The van der Waals surface area contributed by atoms with Crippen LogP contribution < -0.4 is 0 Å². The van der Waals surface area contributed by atoms with Crippen LogP contribution in [0.1, 0.15) is 42.5 Å². The fourth-order valence-corrected chi connectivity index (χ4v) is 3.88. The van der Waals surface area contributed by atoms with Crippen LogP contribution in [0.5, 0.6) is 0 Å². The van der Waals surface area contributed by atoms with Crippen molar-refractivity contribution in [2.45, 2.75) is 31.7 Å². The second kappa shape index (κ2) is 8.67. The van der Waals surface area contributed by atoms with Crippen molar-refractivity contribution < 1.29 is 13.9 Å². The molecule has 4 rings (SSSR count). The third-order valence-electron chi connectivity index (χ3n) is 5.36. The van der Waals surface area contributed by atoms with Gasteiger partial charge in [-0.05, 0) is 24.8 Å². The Morgan fingerprint density at radius 1 is 1.11 bits per heavy atom. The lowest BCUT2D eigenvalue weighted by Crippen LogP contribution is -2.47. The van der Waals surface area contributed by atoms with Gasteiger partial charge < -0.3 is 14.1 Å². The van der Waals surface area contributed by atoms with E-state index in [1.54, 1.807) is 0 Å². The number of likely N-dealkylation sites (tertiary alicyclic amines) is 1. The topological polar surface area (TPSA) is 58.8 Å². The third-order valence-corrected chi connectivity index (χ3v) is 5.36. The van der Waals surface area contributed by atoms with Gasteiger partial charge in [0.25, 0.3) is 0 Å². The van der Waals surface area contributed by atoms with Crippen molar-refractivity contribution in [2.24, 2.45) is 0 Å². The second-order valence-corrected chi connectivity index (χ2v) is 7.31. The van der Waals surface area contributed by atoms with Crippen LogP contribution in [0.3, 0.4) is 0 Å². The number of hydrogen-bond donors (Lipinski definition) is 0. The van der Waals surface area contributed by atoms with Crippen LogP contribution in [0.25, 0.3) is 0 Å². The van der Waals surface area contributed by atoms with Crippen LogP contribution in [0.15, 0.2) is 40.9 Å². The predicted octanol–water partition coefficient (Wildman–Crippen LogP) is 2.65. The second-order valence-electron chi connectivity index (χ2n) is 7.31. The number of amides is 1. The molecule has 0 bridgehead atoms. The zero-order valence-electron chi connectivity index (χ0n) is 15.7. The van der Waals surface area contributed by atoms with Gasteiger partial charge in [0, 0.05) is 26.1 Å². The molecule has 1 aromatic heterocycles. The third kappa shape index (κ3) is 4.57. The van der Waals surface area contributed by atoms with Crippen LogP contribution in [0.2, 0.25) is 0 Å². The molecule has 2 fully saturated rings. The molecule has 2 aromatic rings. The first-order valence-corrected chi connectivity index (χ1v) is 9.88. The van der Waals surface area contributed by atoms with Gasteiger partial charge in [0.1, 0.15) is 11.8 Å². The van der Waals surface area contributed by atoms with Gasteiger partial charge in [0.05, 0.1) is 26.0 Å². The Labute approximate surface area is 160 Å². The first kappa shape index (κ1) is 18.2. The summed E-state index contributed by atoms with van der Waals surface area (Å²) in [5.41, 5.74) is 1.20. The molecule has 27 heavy (non-hydrogen) atoms. The van der Waals surface area contributed by atoms with Gasteiger partial charge in [0.15, 0.2) is 0 Å². The van der Waals surface area contributed by atoms with Crippen LogP contribution in [0.4, 0.5) is 0 Å². The summed E-state index contributed by atoms with van der Waals surface area (Å²) in [6.07, 6.45) is 5.59. The Balaban J connectivity index is 1.43. The van der Waals surface area contributed by atoms with Crippen molar-refractivity contribution in [3.8, 4) is 0 Å². The number of nitrogens with zero attached hydrogens (tertiary/aromatic N) is 3. The summed E-state index contributed by atoms with van der Waals surface area (Å²) in [5.74, 6) is 1.70. The molecule has 1 atom stereocenters. The van der Waals surface area contributed by atoms with E-state index in [1.165, 1.54) is 5.56 Å². The highest BCUT2D eigenvalue weighted by molar-refractivity contribution is 5.78. The first-order valence-electron chi connectivity index (χ1n) is 9.88. The molecule has 2 aliphatic rings. The van der Waals surface area contributed by atoms with Crippen LogP contribution in [-0.4, -0.2) is 60.1 Å². The Bertz CT molecular complexity index is 740. The highest BCUT2D eigenvalue weighted by Gasteiger charge is 2.32. The lowest BCUT2D eigenvalue weighted by atomic mass is 10.0. The summed E-state index contributed by atoms with van der Waals surface area (Å²) in [7, 11) is 0. The molecule has 6 heteroatoms. The van der Waals surface area contributed by atoms with Crippen molar-refractivity contribution >= 4 is 5.91 Å². The summed E-state index contributed by atoms with van der Waals surface area (Å²) in [6, 6.07) is 10.2. The van der Waals surface area contributed by atoms with E-state index < -0.39 is 0 Å². The number of carbonyl (C=O) groups is 1. The van der Waals surface area contributed by atoms with Crippen molar-refractivity contribution in [1.29, 1.82) is 0 Å². The molecule has 0 unspecified atom stereocenters. The van der Waals surface area contributed by atoms with E-state index in [9.17, 15) is 4.79 Å². The van der Waals surface area contributed by atoms with Gasteiger partial charge in [0.2, 0.25) is 11.8 Å². The molecule has 6 nitrogen and oxygen atoms in total. The lowest BCUT2D eigenvalue weighted by molar-refractivity contribution is -0.137. The average Bonchev–Trinajstić information content (AvgIpc) is 3.18. The van der Waals surface area contributed by atoms with Crippen molar-refractivity contribution in [3.63, 3.8) is 0 Å². The van der Waals surface area contributed by atoms with Gasteiger partial charge in [-0.15, -0.1) is 0 Å². The molecule has 1 aromatic carbocycles. The maximum absolute atomic E-state index is 12.9. The number of piperidine rings is 1. The minimum Gasteiger partial charge on any atom is -0.443 e. The summed E-state index contributed by atoms with van der Waals surface area (Å²) in [6.45, 7) is 4.30. The molecule has 2 saturated heterocycles. The molecule has 144 valence electrons. The monoisotopic (exact) mass is 369 g/mol. The van der Waals surface area contributed by atoms with Gasteiger partial charge in [-0.2, -0.15) is 0 Å². The molecule has 3 heterocycles. The molecular formula is C21H27N3O3. The predicted molar refractivity (Wildman–Crippen MR) is 101 cm³/mol.